The molecular weight excluding hydrogens is 267 g/mol. The van der Waals surface area contributed by atoms with Crippen molar-refractivity contribution < 1.29 is 0 Å². The maximum absolute atomic E-state index is 2.37. The van der Waals surface area contributed by atoms with Gasteiger partial charge in [0.25, 0.3) is 0 Å². The molecule has 0 rings (SSSR count). The van der Waals surface area contributed by atoms with Crippen LogP contribution in [0.15, 0.2) is 0 Å². The summed E-state index contributed by atoms with van der Waals surface area (Å²) in [5.74, 6) is 1.04. The second kappa shape index (κ2) is 14.1. The third kappa shape index (κ3) is 10.0. The molecule has 0 bridgehead atoms. The van der Waals surface area contributed by atoms with Gasteiger partial charge in [0.2, 0.25) is 16.3 Å². The van der Waals surface area contributed by atoms with Crippen LogP contribution in [-0.4, -0.2) is 16.3 Å². The van der Waals surface area contributed by atoms with Crippen molar-refractivity contribution in [2.24, 2.45) is 5.92 Å². The Morgan fingerprint density at radius 3 is 1.57 bits per heavy atom. The topological polar surface area (TPSA) is 0 Å². The fraction of sp³-hybridized carbons (Fsp3) is 1.00. The quantitative estimate of drug-likeness (QED) is 0.227. The predicted molar refractivity (Wildman–Crippen MR) is 102 cm³/mol. The van der Waals surface area contributed by atoms with Crippen LogP contribution in [0.2, 0.25) is 4.28 Å². The molecule has 1 heteroatoms. The second-order valence-electron chi connectivity index (χ2n) is 7.55. The lowest BCUT2D eigenvalue weighted by Gasteiger charge is -2.39. The Morgan fingerprint density at radius 2 is 1.10 bits per heavy atom. The molecule has 0 heterocycles. The maximum atomic E-state index is 2.37. The molecule has 0 aromatic rings. The second-order valence-corrected chi connectivity index (χ2v) is 9.54. The summed E-state index contributed by atoms with van der Waals surface area (Å²) in [4.78, 5) is 0. The Bertz CT molecular complexity index is 204. The van der Waals surface area contributed by atoms with Gasteiger partial charge in [0.05, 0.1) is 0 Å². The highest BCUT2D eigenvalue weighted by atomic mass is 27.0. The molecule has 0 N–H and O–H groups in total. The normalized spacial score (nSPS) is 13.5. The fourth-order valence-corrected chi connectivity index (χ4v) is 5.09. The van der Waals surface area contributed by atoms with Gasteiger partial charge in [0.1, 0.15) is 0 Å². The lowest BCUT2D eigenvalue weighted by molar-refractivity contribution is 0.259. The van der Waals surface area contributed by atoms with Crippen LogP contribution in [0.25, 0.3) is 0 Å². The van der Waals surface area contributed by atoms with Crippen molar-refractivity contribution in [1.29, 1.82) is 0 Å². The lowest BCUT2D eigenvalue weighted by atomic mass is 9.77. The third-order valence-electron chi connectivity index (χ3n) is 5.50. The molecule has 0 aromatic carbocycles. The molecule has 0 amide bonds. The van der Waals surface area contributed by atoms with Crippen LogP contribution in [0.4, 0.5) is 0 Å². The van der Waals surface area contributed by atoms with E-state index in [0.29, 0.717) is 0 Å². The highest BCUT2D eigenvalue weighted by Gasteiger charge is 2.31. The van der Waals surface area contributed by atoms with Gasteiger partial charge >= 0.3 is 0 Å². The number of hydrogen-bond donors (Lipinski definition) is 0. The Hall–Kier alpha value is 0.532. The van der Waals surface area contributed by atoms with Crippen LogP contribution in [0, 0.1) is 5.92 Å². The van der Waals surface area contributed by atoms with Gasteiger partial charge in [-0.2, -0.15) is 0 Å². The van der Waals surface area contributed by atoms with Crippen LogP contribution >= 0.6 is 0 Å². The minimum Gasteiger partial charge on any atom is -0.0769 e. The minimum absolute atomic E-state index is 0.757. The molecule has 1 atom stereocenters. The molecule has 0 aliphatic carbocycles. The molecule has 126 valence electrons. The Labute approximate surface area is 144 Å². The van der Waals surface area contributed by atoms with Crippen LogP contribution < -0.4 is 0 Å². The molecule has 0 radical (unpaired) electrons. The van der Waals surface area contributed by atoms with E-state index in [0.717, 1.165) is 10.2 Å². The molecule has 21 heavy (non-hydrogen) atoms. The summed E-state index contributed by atoms with van der Waals surface area (Å²) >= 11 is 1.42. The molecule has 0 aliphatic rings. The Balaban J connectivity index is 4.62. The molecule has 0 spiro atoms. The van der Waals surface area contributed by atoms with E-state index < -0.39 is 0 Å². The first-order valence-electron chi connectivity index (χ1n) is 10.1. The first-order valence-corrected chi connectivity index (χ1v) is 11.1. The summed E-state index contributed by atoms with van der Waals surface area (Å²) in [6, 6.07) is 0. The van der Waals surface area contributed by atoms with E-state index >= 15 is 0 Å². The van der Waals surface area contributed by atoms with Crippen LogP contribution in [0.5, 0.6) is 0 Å². The van der Waals surface area contributed by atoms with Gasteiger partial charge in [-0.05, 0) is 5.92 Å². The third-order valence-corrected chi connectivity index (χ3v) is 7.32. The molecule has 1 unspecified atom stereocenters. The summed E-state index contributed by atoms with van der Waals surface area (Å²) in [5.41, 5.74) is 0. The first kappa shape index (κ1) is 21.5. The Morgan fingerprint density at radius 1 is 0.619 bits per heavy atom. The van der Waals surface area contributed by atoms with Gasteiger partial charge in [0, 0.05) is 0 Å². The van der Waals surface area contributed by atoms with E-state index in [1.165, 1.54) is 106 Å². The number of rotatable bonds is 15. The predicted octanol–water partition coefficient (Wildman–Crippen LogP) is 6.94. The van der Waals surface area contributed by atoms with E-state index in [1.807, 2.05) is 0 Å². The zero-order valence-corrected chi connectivity index (χ0v) is 18.0. The zero-order valence-electron chi connectivity index (χ0n) is 16.0. The van der Waals surface area contributed by atoms with E-state index in [1.54, 1.807) is 0 Å². The van der Waals surface area contributed by atoms with Crippen molar-refractivity contribution >= 4 is 16.3 Å². The summed E-state index contributed by atoms with van der Waals surface area (Å²) in [7, 11) is 0. The van der Waals surface area contributed by atoms with Gasteiger partial charge < -0.3 is 0 Å². The van der Waals surface area contributed by atoms with Crippen molar-refractivity contribution in [3.8, 4) is 0 Å². The van der Waals surface area contributed by atoms with E-state index in [4.69, 9.17) is 0 Å². The van der Waals surface area contributed by atoms with Crippen LogP contribution in [-0.2, 0) is 0 Å². The van der Waals surface area contributed by atoms with Gasteiger partial charge in [-0.25, -0.2) is 0 Å². The standard InChI is InChI=1S/C20H41.Al.2H/c1-5-9-13-14-18-20(17-12-8-4)19(15-10-6-2)16-11-7-3;;;/h20H,5-18H2,1-4H3;;;. The summed E-state index contributed by atoms with van der Waals surface area (Å²) in [5, 5.41) is 0. The molecule has 0 nitrogen and oxygen atoms in total. The highest BCUT2D eigenvalue weighted by molar-refractivity contribution is 6.15. The number of hydrogen-bond acceptors (Lipinski definition) is 0. The molecular formula is C20H43Al. The van der Waals surface area contributed by atoms with Gasteiger partial charge in [-0.3, -0.25) is 0 Å². The summed E-state index contributed by atoms with van der Waals surface area (Å²) in [6.07, 6.45) is 20.4. The average Bonchev–Trinajstić information content (AvgIpc) is 2.50. The van der Waals surface area contributed by atoms with Crippen LogP contribution in [0.3, 0.4) is 0 Å². The van der Waals surface area contributed by atoms with Crippen molar-refractivity contribution in [2.75, 3.05) is 0 Å². The summed E-state index contributed by atoms with van der Waals surface area (Å²) < 4.78 is 0.757. The fourth-order valence-electron chi connectivity index (χ4n) is 3.80. The summed E-state index contributed by atoms with van der Waals surface area (Å²) in [6.45, 7) is 9.42. The molecule has 0 saturated carbocycles. The van der Waals surface area contributed by atoms with Crippen molar-refractivity contribution in [3.05, 3.63) is 0 Å². The van der Waals surface area contributed by atoms with Gasteiger partial charge in [0.15, 0.2) is 0 Å². The molecule has 0 aliphatic heterocycles. The van der Waals surface area contributed by atoms with Crippen LogP contribution in [0.1, 0.15) is 118 Å². The Kier molecular flexibility index (Phi) is 14.5. The minimum atomic E-state index is 0.757. The molecule has 0 saturated heterocycles. The van der Waals surface area contributed by atoms with Crippen molar-refractivity contribution in [3.63, 3.8) is 0 Å². The van der Waals surface area contributed by atoms with E-state index in [2.05, 4.69) is 27.7 Å². The SMILES string of the molecule is CCCCCCC(CCCC)[C]([AlH2])(CCCC)CCCC. The first-order chi connectivity index (χ1) is 10.1. The van der Waals surface area contributed by atoms with Crippen molar-refractivity contribution in [2.45, 2.75) is 122 Å². The number of unbranched alkanes of at least 4 members (excludes halogenated alkanes) is 6. The molecule has 0 aromatic heterocycles. The average molecular weight is 311 g/mol. The molecule has 0 fully saturated rings. The van der Waals surface area contributed by atoms with E-state index in [-0.39, 0.29) is 0 Å². The smallest absolute Gasteiger partial charge is 0.0769 e. The largest absolute Gasteiger partial charge is 0.221 e. The highest BCUT2D eigenvalue weighted by Crippen LogP contribution is 2.47. The lowest BCUT2D eigenvalue weighted by Crippen LogP contribution is -2.25. The monoisotopic (exact) mass is 310 g/mol. The van der Waals surface area contributed by atoms with E-state index in [9.17, 15) is 0 Å². The van der Waals surface area contributed by atoms with Crippen molar-refractivity contribution in [1.82, 2.24) is 0 Å². The maximum Gasteiger partial charge on any atom is 0.221 e. The van der Waals surface area contributed by atoms with Gasteiger partial charge in [-0.1, -0.05) is 122 Å². The van der Waals surface area contributed by atoms with Gasteiger partial charge in [-0.15, -0.1) is 0 Å². The zero-order chi connectivity index (χ0) is 16.0.